The first kappa shape index (κ1) is 9.42. The topological polar surface area (TPSA) is 26.3 Å². The summed E-state index contributed by atoms with van der Waals surface area (Å²) in [5.41, 5.74) is 0. The van der Waals surface area contributed by atoms with E-state index in [0.717, 1.165) is 0 Å². The Labute approximate surface area is 69.9 Å². The van der Waals surface area contributed by atoms with Gasteiger partial charge in [0.15, 0.2) is 0 Å². The highest BCUT2D eigenvalue weighted by atomic mass is 19.3. The second-order valence-electron chi connectivity index (χ2n) is 3.34. The lowest BCUT2D eigenvalue weighted by Crippen LogP contribution is -2.41. The van der Waals surface area contributed by atoms with Crippen molar-refractivity contribution in [2.75, 3.05) is 7.11 Å². The lowest BCUT2D eigenvalue weighted by atomic mass is 9.74. The number of carbonyl (C=O) groups excluding carboxylic acids is 1. The highest BCUT2D eigenvalue weighted by Crippen LogP contribution is 2.46. The molecule has 4 heteroatoms. The Hall–Kier alpha value is -0.670. The predicted octanol–water partition coefficient (Wildman–Crippen LogP) is 1.84. The van der Waals surface area contributed by atoms with Gasteiger partial charge in [0.05, 0.1) is 13.0 Å². The van der Waals surface area contributed by atoms with Crippen LogP contribution >= 0.6 is 0 Å². The number of rotatable bonds is 2. The number of carbonyl (C=O) groups is 1. The molecule has 0 radical (unpaired) electrons. The normalized spacial score (nSPS) is 24.3. The lowest BCUT2D eigenvalue weighted by Gasteiger charge is -2.37. The third kappa shape index (κ3) is 1.73. The molecule has 1 unspecified atom stereocenters. The molecule has 70 valence electrons. The molecule has 1 saturated carbocycles. The summed E-state index contributed by atoms with van der Waals surface area (Å²) in [4.78, 5) is 10.9. The van der Waals surface area contributed by atoms with Crippen LogP contribution in [-0.2, 0) is 9.53 Å². The van der Waals surface area contributed by atoms with E-state index in [1.54, 1.807) is 6.92 Å². The molecular weight excluding hydrogens is 166 g/mol. The molecule has 0 bridgehead atoms. The minimum atomic E-state index is -2.55. The quantitative estimate of drug-likeness (QED) is 0.603. The molecule has 2 nitrogen and oxygen atoms in total. The summed E-state index contributed by atoms with van der Waals surface area (Å²) < 4.78 is 29.2. The van der Waals surface area contributed by atoms with E-state index in [0.29, 0.717) is 0 Å². The largest absolute Gasteiger partial charge is 0.469 e. The summed E-state index contributed by atoms with van der Waals surface area (Å²) in [6.07, 6.45) is -0.355. The van der Waals surface area contributed by atoms with Gasteiger partial charge in [-0.25, -0.2) is 8.78 Å². The summed E-state index contributed by atoms with van der Waals surface area (Å²) >= 11 is 0. The average Bonchev–Trinajstić information content (AvgIpc) is 1.97. The SMILES string of the molecule is COC(=O)C(C)C1CC(F)(F)C1. The summed E-state index contributed by atoms with van der Waals surface area (Å²) in [6, 6.07) is 0. The second kappa shape index (κ2) is 2.99. The van der Waals surface area contributed by atoms with Crippen molar-refractivity contribution in [3.05, 3.63) is 0 Å². The van der Waals surface area contributed by atoms with Gasteiger partial charge in [-0.3, -0.25) is 4.79 Å². The van der Waals surface area contributed by atoms with Crippen LogP contribution in [0.1, 0.15) is 19.8 Å². The van der Waals surface area contributed by atoms with Gasteiger partial charge in [-0.05, 0) is 5.92 Å². The van der Waals surface area contributed by atoms with Crippen molar-refractivity contribution < 1.29 is 18.3 Å². The van der Waals surface area contributed by atoms with E-state index in [1.165, 1.54) is 7.11 Å². The monoisotopic (exact) mass is 178 g/mol. The third-order valence-corrected chi connectivity index (χ3v) is 2.40. The summed E-state index contributed by atoms with van der Waals surface area (Å²) in [5, 5.41) is 0. The fourth-order valence-electron chi connectivity index (χ4n) is 1.44. The molecule has 0 aromatic heterocycles. The maximum absolute atomic E-state index is 12.4. The van der Waals surface area contributed by atoms with Gasteiger partial charge >= 0.3 is 5.97 Å². The number of ether oxygens (including phenoxy) is 1. The number of methoxy groups -OCH3 is 1. The Morgan fingerprint density at radius 3 is 2.42 bits per heavy atom. The molecule has 0 saturated heterocycles. The van der Waals surface area contributed by atoms with Gasteiger partial charge in [-0.15, -0.1) is 0 Å². The summed E-state index contributed by atoms with van der Waals surface area (Å²) in [6.45, 7) is 1.63. The van der Waals surface area contributed by atoms with Crippen molar-refractivity contribution in [1.82, 2.24) is 0 Å². The fourth-order valence-corrected chi connectivity index (χ4v) is 1.44. The Morgan fingerprint density at radius 1 is 1.58 bits per heavy atom. The molecule has 0 aliphatic heterocycles. The van der Waals surface area contributed by atoms with Gasteiger partial charge in [0.1, 0.15) is 0 Å². The first-order valence-corrected chi connectivity index (χ1v) is 3.92. The van der Waals surface area contributed by atoms with Crippen molar-refractivity contribution in [3.63, 3.8) is 0 Å². The van der Waals surface area contributed by atoms with E-state index < -0.39 is 17.8 Å². The molecule has 0 spiro atoms. The van der Waals surface area contributed by atoms with Crippen LogP contribution in [0.15, 0.2) is 0 Å². The molecule has 0 amide bonds. The summed E-state index contributed by atoms with van der Waals surface area (Å²) in [7, 11) is 1.27. The number of alkyl halides is 2. The van der Waals surface area contributed by atoms with Crippen LogP contribution < -0.4 is 0 Å². The van der Waals surface area contributed by atoms with Crippen molar-refractivity contribution in [1.29, 1.82) is 0 Å². The molecule has 1 atom stereocenters. The second-order valence-corrected chi connectivity index (χ2v) is 3.34. The number of esters is 1. The average molecular weight is 178 g/mol. The predicted molar refractivity (Wildman–Crippen MR) is 38.9 cm³/mol. The Balaban J connectivity index is 2.38. The number of hydrogen-bond donors (Lipinski definition) is 0. The Kier molecular flexibility index (Phi) is 2.35. The zero-order valence-electron chi connectivity index (χ0n) is 7.14. The van der Waals surface area contributed by atoms with Gasteiger partial charge in [0.2, 0.25) is 5.92 Å². The minimum Gasteiger partial charge on any atom is -0.469 e. The Bertz CT molecular complexity index is 183. The van der Waals surface area contributed by atoms with Crippen LogP contribution in [-0.4, -0.2) is 19.0 Å². The van der Waals surface area contributed by atoms with Crippen molar-refractivity contribution in [2.24, 2.45) is 11.8 Å². The van der Waals surface area contributed by atoms with Gasteiger partial charge in [0.25, 0.3) is 0 Å². The lowest BCUT2D eigenvalue weighted by molar-refractivity contribution is -0.160. The Morgan fingerprint density at radius 2 is 2.08 bits per heavy atom. The summed E-state index contributed by atoms with van der Waals surface area (Å²) in [5.74, 6) is -3.54. The fraction of sp³-hybridized carbons (Fsp3) is 0.875. The molecule has 12 heavy (non-hydrogen) atoms. The van der Waals surface area contributed by atoms with E-state index >= 15 is 0 Å². The molecular formula is C8H12F2O2. The van der Waals surface area contributed by atoms with Crippen molar-refractivity contribution in [2.45, 2.75) is 25.7 Å². The first-order chi connectivity index (χ1) is 5.46. The maximum Gasteiger partial charge on any atom is 0.308 e. The van der Waals surface area contributed by atoms with Crippen molar-refractivity contribution in [3.8, 4) is 0 Å². The van der Waals surface area contributed by atoms with Crippen LogP contribution in [0.2, 0.25) is 0 Å². The number of halogens is 2. The molecule has 1 rings (SSSR count). The highest BCUT2D eigenvalue weighted by Gasteiger charge is 2.49. The zero-order chi connectivity index (χ0) is 9.35. The number of hydrogen-bond acceptors (Lipinski definition) is 2. The van der Waals surface area contributed by atoms with Gasteiger partial charge in [-0.1, -0.05) is 6.92 Å². The minimum absolute atomic E-state index is 0.177. The smallest absolute Gasteiger partial charge is 0.308 e. The van der Waals surface area contributed by atoms with Crippen LogP contribution in [0, 0.1) is 11.8 Å². The third-order valence-electron chi connectivity index (χ3n) is 2.40. The van der Waals surface area contributed by atoms with E-state index in [2.05, 4.69) is 4.74 Å². The highest BCUT2D eigenvalue weighted by molar-refractivity contribution is 5.72. The molecule has 0 heterocycles. The first-order valence-electron chi connectivity index (χ1n) is 3.92. The van der Waals surface area contributed by atoms with E-state index in [1.807, 2.05) is 0 Å². The van der Waals surface area contributed by atoms with Crippen LogP contribution in [0.3, 0.4) is 0 Å². The van der Waals surface area contributed by atoms with Crippen LogP contribution in [0.5, 0.6) is 0 Å². The van der Waals surface area contributed by atoms with Crippen LogP contribution in [0.4, 0.5) is 8.78 Å². The molecule has 1 aliphatic carbocycles. The van der Waals surface area contributed by atoms with Gasteiger partial charge in [0, 0.05) is 12.8 Å². The van der Waals surface area contributed by atoms with E-state index in [4.69, 9.17) is 0 Å². The molecule has 0 N–H and O–H groups in total. The standard InChI is InChI=1S/C8H12F2O2/c1-5(7(11)12-2)6-3-8(9,10)4-6/h5-6H,3-4H2,1-2H3. The zero-order valence-corrected chi connectivity index (χ0v) is 7.14. The molecule has 1 aliphatic rings. The molecule has 1 fully saturated rings. The molecule has 0 aromatic rings. The maximum atomic E-state index is 12.4. The van der Waals surface area contributed by atoms with E-state index in [-0.39, 0.29) is 18.8 Å². The van der Waals surface area contributed by atoms with E-state index in [9.17, 15) is 13.6 Å². The molecule has 0 aromatic carbocycles. The van der Waals surface area contributed by atoms with Crippen LogP contribution in [0.25, 0.3) is 0 Å². The van der Waals surface area contributed by atoms with Gasteiger partial charge in [-0.2, -0.15) is 0 Å². The van der Waals surface area contributed by atoms with Gasteiger partial charge < -0.3 is 4.74 Å². The van der Waals surface area contributed by atoms with Crippen molar-refractivity contribution >= 4 is 5.97 Å².